The van der Waals surface area contributed by atoms with Crippen molar-refractivity contribution >= 4 is 5.69 Å². The predicted octanol–water partition coefficient (Wildman–Crippen LogP) is 4.66. The van der Waals surface area contributed by atoms with Gasteiger partial charge in [0.2, 0.25) is 0 Å². The van der Waals surface area contributed by atoms with Crippen molar-refractivity contribution in [3.63, 3.8) is 0 Å². The molecule has 2 aromatic carbocycles. The molecule has 2 heterocycles. The Morgan fingerprint density at radius 2 is 1.85 bits per heavy atom. The Morgan fingerprint density at radius 3 is 2.59 bits per heavy atom. The van der Waals surface area contributed by atoms with E-state index in [1.54, 1.807) is 0 Å². The van der Waals surface area contributed by atoms with Gasteiger partial charge in [0.25, 0.3) is 0 Å². The fraction of sp³-hybridized carbons (Fsp3) is 0.500. The second kappa shape index (κ2) is 8.45. The first kappa shape index (κ1) is 18.5. The van der Waals surface area contributed by atoms with Gasteiger partial charge < -0.3 is 10.1 Å². The van der Waals surface area contributed by atoms with Gasteiger partial charge in [-0.3, -0.25) is 4.90 Å². The summed E-state index contributed by atoms with van der Waals surface area (Å²) >= 11 is 0. The maximum Gasteiger partial charge on any atom is 0.0594 e. The number of hydrogen-bond acceptors (Lipinski definition) is 3. The summed E-state index contributed by atoms with van der Waals surface area (Å²) in [4.78, 5) is 2.53. The molecule has 1 fully saturated rings. The van der Waals surface area contributed by atoms with Gasteiger partial charge in [0, 0.05) is 31.9 Å². The number of morpholine rings is 1. The highest BCUT2D eigenvalue weighted by Crippen LogP contribution is 2.40. The van der Waals surface area contributed by atoms with Crippen LogP contribution in [0.15, 0.2) is 42.5 Å². The maximum absolute atomic E-state index is 5.54. The summed E-state index contributed by atoms with van der Waals surface area (Å²) in [6.45, 7) is 10.6. The summed E-state index contributed by atoms with van der Waals surface area (Å²) in [6.07, 6.45) is 2.24. The second-order valence-corrected chi connectivity index (χ2v) is 8.34. The number of anilines is 1. The van der Waals surface area contributed by atoms with Crippen LogP contribution in [0, 0.1) is 5.92 Å². The summed E-state index contributed by atoms with van der Waals surface area (Å²) in [5.41, 5.74) is 7.24. The average Bonchev–Trinajstić information content (AvgIpc) is 2.69. The van der Waals surface area contributed by atoms with E-state index >= 15 is 0 Å². The molecule has 2 aliphatic heterocycles. The smallest absolute Gasteiger partial charge is 0.0594 e. The van der Waals surface area contributed by atoms with Gasteiger partial charge in [0.1, 0.15) is 0 Å². The number of nitrogens with zero attached hydrogens (tertiary/aromatic N) is 1. The van der Waals surface area contributed by atoms with Crippen LogP contribution in [0.25, 0.3) is 0 Å². The quantitative estimate of drug-likeness (QED) is 0.835. The van der Waals surface area contributed by atoms with Crippen molar-refractivity contribution in [2.24, 2.45) is 5.92 Å². The molecule has 0 aromatic heterocycles. The van der Waals surface area contributed by atoms with Crippen LogP contribution in [0.3, 0.4) is 0 Å². The third kappa shape index (κ3) is 4.36. The summed E-state index contributed by atoms with van der Waals surface area (Å²) in [5.74, 6) is 1.33. The minimum absolute atomic E-state index is 0.653. The van der Waals surface area contributed by atoms with Gasteiger partial charge in [-0.1, -0.05) is 56.3 Å². The van der Waals surface area contributed by atoms with Crippen LogP contribution >= 0.6 is 0 Å². The van der Waals surface area contributed by atoms with E-state index in [-0.39, 0.29) is 0 Å². The second-order valence-electron chi connectivity index (χ2n) is 8.34. The van der Waals surface area contributed by atoms with Gasteiger partial charge in [-0.2, -0.15) is 0 Å². The summed E-state index contributed by atoms with van der Waals surface area (Å²) in [6, 6.07) is 15.8. The zero-order valence-electron chi connectivity index (χ0n) is 16.7. The highest BCUT2D eigenvalue weighted by molar-refractivity contribution is 5.62. The number of hydrogen-bond donors (Lipinski definition) is 1. The van der Waals surface area contributed by atoms with E-state index in [4.69, 9.17) is 4.74 Å². The summed E-state index contributed by atoms with van der Waals surface area (Å²) in [7, 11) is 0. The lowest BCUT2D eigenvalue weighted by Gasteiger charge is -2.34. The van der Waals surface area contributed by atoms with Crippen LogP contribution in [-0.2, 0) is 17.7 Å². The minimum atomic E-state index is 0.653. The zero-order valence-corrected chi connectivity index (χ0v) is 16.7. The predicted molar refractivity (Wildman–Crippen MR) is 112 cm³/mol. The first-order chi connectivity index (χ1) is 13.2. The molecule has 3 nitrogen and oxygen atoms in total. The Kier molecular flexibility index (Phi) is 5.80. The van der Waals surface area contributed by atoms with Crippen molar-refractivity contribution in [3.8, 4) is 0 Å². The molecule has 0 radical (unpaired) electrons. The van der Waals surface area contributed by atoms with Crippen LogP contribution in [0.2, 0.25) is 0 Å². The molecule has 1 unspecified atom stereocenters. The van der Waals surface area contributed by atoms with Crippen molar-refractivity contribution in [3.05, 3.63) is 64.7 Å². The van der Waals surface area contributed by atoms with E-state index in [9.17, 15) is 0 Å². The third-order valence-corrected chi connectivity index (χ3v) is 6.02. The molecular weight excluding hydrogens is 332 g/mol. The third-order valence-electron chi connectivity index (χ3n) is 6.02. The largest absolute Gasteiger partial charge is 0.385 e. The SMILES string of the molecule is CC(C)C1CCNc2c(CN3CCOCC3)cc(Cc3ccccc3)cc21. The molecule has 4 rings (SSSR count). The molecule has 144 valence electrons. The van der Waals surface area contributed by atoms with Crippen molar-refractivity contribution in [1.29, 1.82) is 0 Å². The number of rotatable bonds is 5. The molecular formula is C24H32N2O. The topological polar surface area (TPSA) is 24.5 Å². The number of fused-ring (bicyclic) bond motifs is 1. The number of ether oxygens (including phenoxy) is 1. The molecule has 0 aliphatic carbocycles. The van der Waals surface area contributed by atoms with Gasteiger partial charge in [-0.25, -0.2) is 0 Å². The van der Waals surface area contributed by atoms with Crippen LogP contribution < -0.4 is 5.32 Å². The Morgan fingerprint density at radius 1 is 1.07 bits per heavy atom. The maximum atomic E-state index is 5.54. The number of nitrogens with one attached hydrogen (secondary N) is 1. The van der Waals surface area contributed by atoms with E-state index in [2.05, 4.69) is 66.5 Å². The van der Waals surface area contributed by atoms with Crippen LogP contribution in [0.1, 0.15) is 48.4 Å². The van der Waals surface area contributed by atoms with Gasteiger partial charge in [0.15, 0.2) is 0 Å². The lowest BCUT2D eigenvalue weighted by atomic mass is 9.80. The van der Waals surface area contributed by atoms with Gasteiger partial charge in [-0.15, -0.1) is 0 Å². The fourth-order valence-electron chi connectivity index (χ4n) is 4.56. The molecule has 2 aromatic rings. The molecule has 1 N–H and O–H groups in total. The zero-order chi connectivity index (χ0) is 18.6. The van der Waals surface area contributed by atoms with Crippen LogP contribution in [0.4, 0.5) is 5.69 Å². The Labute approximate surface area is 163 Å². The summed E-state index contributed by atoms with van der Waals surface area (Å²) in [5, 5.41) is 3.74. The van der Waals surface area contributed by atoms with E-state index in [1.807, 2.05) is 0 Å². The van der Waals surface area contributed by atoms with E-state index in [0.29, 0.717) is 11.8 Å². The van der Waals surface area contributed by atoms with Crippen molar-refractivity contribution in [2.45, 2.75) is 39.2 Å². The van der Waals surface area contributed by atoms with Gasteiger partial charge >= 0.3 is 0 Å². The number of benzene rings is 2. The Hall–Kier alpha value is -1.84. The molecule has 3 heteroatoms. The van der Waals surface area contributed by atoms with Gasteiger partial charge in [0.05, 0.1) is 13.2 Å². The normalized spacial score (nSPS) is 20.3. The molecule has 1 saturated heterocycles. The summed E-state index contributed by atoms with van der Waals surface area (Å²) < 4.78 is 5.54. The molecule has 0 bridgehead atoms. The monoisotopic (exact) mass is 364 g/mol. The van der Waals surface area contributed by atoms with E-state index < -0.39 is 0 Å². The van der Waals surface area contributed by atoms with Gasteiger partial charge in [-0.05, 0) is 46.9 Å². The van der Waals surface area contributed by atoms with Crippen molar-refractivity contribution in [1.82, 2.24) is 4.90 Å². The van der Waals surface area contributed by atoms with Crippen molar-refractivity contribution in [2.75, 3.05) is 38.2 Å². The standard InChI is InChI=1S/C24H32N2O/c1-18(2)22-8-9-25-24-21(17-26-10-12-27-13-11-26)15-20(16-23(22)24)14-19-6-4-3-5-7-19/h3-7,15-16,18,22,25H,8-14,17H2,1-2H3. The van der Waals surface area contributed by atoms with E-state index in [0.717, 1.165) is 45.8 Å². The Bertz CT molecular complexity index is 750. The minimum Gasteiger partial charge on any atom is -0.385 e. The molecule has 0 amide bonds. The van der Waals surface area contributed by atoms with E-state index in [1.165, 1.54) is 34.4 Å². The molecule has 2 aliphatic rings. The first-order valence-corrected chi connectivity index (χ1v) is 10.4. The molecule has 1 atom stereocenters. The lowest BCUT2D eigenvalue weighted by molar-refractivity contribution is 0.0342. The molecule has 0 saturated carbocycles. The highest BCUT2D eigenvalue weighted by Gasteiger charge is 2.26. The lowest BCUT2D eigenvalue weighted by Crippen LogP contribution is -2.36. The Balaban J connectivity index is 1.69. The van der Waals surface area contributed by atoms with Crippen LogP contribution in [-0.4, -0.2) is 37.7 Å². The fourth-order valence-corrected chi connectivity index (χ4v) is 4.56. The first-order valence-electron chi connectivity index (χ1n) is 10.4. The van der Waals surface area contributed by atoms with Crippen LogP contribution in [0.5, 0.6) is 0 Å². The highest BCUT2D eigenvalue weighted by atomic mass is 16.5. The van der Waals surface area contributed by atoms with Crippen molar-refractivity contribution < 1.29 is 4.74 Å². The average molecular weight is 365 g/mol. The molecule has 0 spiro atoms. The molecule has 27 heavy (non-hydrogen) atoms.